The van der Waals surface area contributed by atoms with Gasteiger partial charge in [-0.05, 0) is 55.5 Å². The third kappa shape index (κ3) is 3.41. The topological polar surface area (TPSA) is 99.0 Å². The molecule has 0 saturated carbocycles. The Morgan fingerprint density at radius 3 is 2.97 bits per heavy atom. The van der Waals surface area contributed by atoms with E-state index in [4.69, 9.17) is 4.74 Å². The summed E-state index contributed by atoms with van der Waals surface area (Å²) in [6.07, 6.45) is 5.45. The summed E-state index contributed by atoms with van der Waals surface area (Å²) in [4.78, 5) is 38.7. The lowest BCUT2D eigenvalue weighted by molar-refractivity contribution is -0.116. The monoisotopic (exact) mass is 421 g/mol. The van der Waals surface area contributed by atoms with Crippen molar-refractivity contribution in [3.63, 3.8) is 0 Å². The molecular formula is C21H19N5O3S. The third-order valence-corrected chi connectivity index (χ3v) is 6.18. The van der Waals surface area contributed by atoms with Crippen molar-refractivity contribution in [2.24, 2.45) is 0 Å². The van der Waals surface area contributed by atoms with Gasteiger partial charge in [0.1, 0.15) is 18.6 Å². The summed E-state index contributed by atoms with van der Waals surface area (Å²) >= 11 is 1.35. The highest BCUT2D eigenvalue weighted by Gasteiger charge is 2.16. The Kier molecular flexibility index (Phi) is 4.66. The van der Waals surface area contributed by atoms with Gasteiger partial charge in [0, 0.05) is 5.69 Å². The molecule has 1 aliphatic rings. The van der Waals surface area contributed by atoms with E-state index in [1.807, 2.05) is 24.3 Å². The minimum Gasteiger partial charge on any atom is -0.497 e. The second-order valence-corrected chi connectivity index (χ2v) is 8.28. The first-order valence-corrected chi connectivity index (χ1v) is 10.5. The second-order valence-electron chi connectivity index (χ2n) is 7.25. The molecule has 0 fully saturated rings. The average Bonchev–Trinajstić information content (AvgIpc) is 3.15. The van der Waals surface area contributed by atoms with Gasteiger partial charge in [-0.15, -0.1) is 0 Å². The lowest BCUT2D eigenvalue weighted by Gasteiger charge is -2.15. The van der Waals surface area contributed by atoms with Gasteiger partial charge >= 0.3 is 0 Å². The van der Waals surface area contributed by atoms with Gasteiger partial charge in [-0.25, -0.2) is 15.0 Å². The molecule has 0 radical (unpaired) electrons. The van der Waals surface area contributed by atoms with Crippen molar-refractivity contribution in [3.05, 3.63) is 52.2 Å². The van der Waals surface area contributed by atoms with Gasteiger partial charge in [-0.1, -0.05) is 11.3 Å². The number of carbonyl (C=O) groups excluding carboxylic acids is 1. The Labute approximate surface area is 175 Å². The first kappa shape index (κ1) is 18.7. The van der Waals surface area contributed by atoms with Crippen LogP contribution in [0.15, 0.2) is 35.4 Å². The van der Waals surface area contributed by atoms with E-state index >= 15 is 0 Å². The number of hydrogen-bond acceptors (Lipinski definition) is 7. The van der Waals surface area contributed by atoms with Crippen molar-refractivity contribution in [2.45, 2.75) is 32.2 Å². The molecule has 1 aromatic carbocycles. The van der Waals surface area contributed by atoms with Gasteiger partial charge in [-0.3, -0.25) is 14.2 Å². The number of carbonyl (C=O) groups is 1. The Hall–Kier alpha value is -3.33. The molecule has 4 aromatic rings. The van der Waals surface area contributed by atoms with Crippen LogP contribution in [0.5, 0.6) is 5.75 Å². The van der Waals surface area contributed by atoms with Gasteiger partial charge in [0.2, 0.25) is 5.91 Å². The predicted molar refractivity (Wildman–Crippen MR) is 115 cm³/mol. The van der Waals surface area contributed by atoms with Crippen LogP contribution in [0.2, 0.25) is 0 Å². The normalized spacial score (nSPS) is 13.4. The van der Waals surface area contributed by atoms with Crippen molar-refractivity contribution in [1.29, 1.82) is 0 Å². The van der Waals surface area contributed by atoms with E-state index in [1.165, 1.54) is 22.2 Å². The maximum atomic E-state index is 12.9. The Balaban J connectivity index is 1.39. The number of hydrogen-bond donors (Lipinski definition) is 1. The van der Waals surface area contributed by atoms with Crippen molar-refractivity contribution in [2.75, 3.05) is 12.4 Å². The Morgan fingerprint density at radius 1 is 1.23 bits per heavy atom. The maximum absolute atomic E-state index is 12.9. The molecule has 0 unspecified atom stereocenters. The SMILES string of the molecule is COc1ccc2nc(NC(=O)Cn3cnc4nc5c(cc4c3=O)CCCC5)sc2c1. The van der Waals surface area contributed by atoms with E-state index in [0.717, 1.165) is 52.9 Å². The van der Waals surface area contributed by atoms with E-state index in [1.54, 1.807) is 7.11 Å². The lowest BCUT2D eigenvalue weighted by Crippen LogP contribution is -2.28. The van der Waals surface area contributed by atoms with Crippen LogP contribution in [0, 0.1) is 0 Å². The van der Waals surface area contributed by atoms with Crippen molar-refractivity contribution >= 4 is 43.6 Å². The highest BCUT2D eigenvalue weighted by molar-refractivity contribution is 7.22. The zero-order chi connectivity index (χ0) is 20.7. The largest absolute Gasteiger partial charge is 0.497 e. The van der Waals surface area contributed by atoms with Crippen LogP contribution in [0.25, 0.3) is 21.3 Å². The number of benzene rings is 1. The maximum Gasteiger partial charge on any atom is 0.263 e. The van der Waals surface area contributed by atoms with Gasteiger partial charge < -0.3 is 10.1 Å². The van der Waals surface area contributed by atoms with Gasteiger partial charge in [0.05, 0.1) is 22.7 Å². The van der Waals surface area contributed by atoms with Crippen LogP contribution in [0.1, 0.15) is 24.1 Å². The standard InChI is InChI=1S/C21H19N5O3S/c1-29-13-6-7-16-17(9-13)30-21(24-16)25-18(27)10-26-11-22-19-14(20(26)28)8-12-4-2-3-5-15(12)23-19/h6-9,11H,2-5,10H2,1H3,(H,24,25,27). The molecule has 1 amide bonds. The molecule has 0 aliphatic heterocycles. The van der Waals surface area contributed by atoms with Crippen LogP contribution in [-0.2, 0) is 24.2 Å². The zero-order valence-electron chi connectivity index (χ0n) is 16.3. The molecule has 0 bridgehead atoms. The van der Waals surface area contributed by atoms with E-state index in [9.17, 15) is 9.59 Å². The van der Waals surface area contributed by atoms with Gasteiger partial charge in [0.25, 0.3) is 5.56 Å². The summed E-state index contributed by atoms with van der Waals surface area (Å²) < 4.78 is 7.43. The number of pyridine rings is 1. The molecule has 9 heteroatoms. The van der Waals surface area contributed by atoms with E-state index in [-0.39, 0.29) is 18.0 Å². The van der Waals surface area contributed by atoms with Gasteiger partial charge in [0.15, 0.2) is 10.8 Å². The molecule has 3 heterocycles. The molecule has 1 aliphatic carbocycles. The molecule has 0 atom stereocenters. The molecule has 0 saturated heterocycles. The highest BCUT2D eigenvalue weighted by atomic mass is 32.1. The number of aryl methyl sites for hydroxylation is 2. The number of fused-ring (bicyclic) bond motifs is 3. The van der Waals surface area contributed by atoms with Gasteiger partial charge in [-0.2, -0.15) is 0 Å². The average molecular weight is 421 g/mol. The highest BCUT2D eigenvalue weighted by Crippen LogP contribution is 2.29. The molecule has 30 heavy (non-hydrogen) atoms. The number of amides is 1. The quantitative estimate of drug-likeness (QED) is 0.544. The Morgan fingerprint density at radius 2 is 2.10 bits per heavy atom. The molecule has 152 valence electrons. The van der Waals surface area contributed by atoms with Crippen LogP contribution in [0.4, 0.5) is 5.13 Å². The van der Waals surface area contributed by atoms with E-state index in [0.29, 0.717) is 16.2 Å². The van der Waals surface area contributed by atoms with Crippen LogP contribution >= 0.6 is 11.3 Å². The number of aromatic nitrogens is 4. The summed E-state index contributed by atoms with van der Waals surface area (Å²) in [6, 6.07) is 7.42. The fraction of sp³-hybridized carbons (Fsp3) is 0.286. The summed E-state index contributed by atoms with van der Waals surface area (Å²) in [5.41, 5.74) is 3.10. The first-order chi connectivity index (χ1) is 14.6. The number of thiazole rings is 1. The zero-order valence-corrected chi connectivity index (χ0v) is 17.2. The fourth-order valence-corrected chi connectivity index (χ4v) is 4.63. The smallest absolute Gasteiger partial charge is 0.263 e. The first-order valence-electron chi connectivity index (χ1n) is 9.73. The second kappa shape index (κ2) is 7.49. The summed E-state index contributed by atoms with van der Waals surface area (Å²) in [5, 5.41) is 3.70. The number of methoxy groups -OCH3 is 1. The summed E-state index contributed by atoms with van der Waals surface area (Å²) in [7, 11) is 1.60. The minimum absolute atomic E-state index is 0.141. The Bertz CT molecular complexity index is 1340. The molecule has 8 nitrogen and oxygen atoms in total. The van der Waals surface area contributed by atoms with Crippen LogP contribution in [0.3, 0.4) is 0 Å². The predicted octanol–water partition coefficient (Wildman–Crippen LogP) is 2.93. The minimum atomic E-state index is -0.338. The third-order valence-electron chi connectivity index (χ3n) is 5.25. The van der Waals surface area contributed by atoms with Crippen molar-refractivity contribution in [3.8, 4) is 5.75 Å². The summed E-state index contributed by atoms with van der Waals surface area (Å²) in [5.74, 6) is 0.392. The molecule has 1 N–H and O–H groups in total. The van der Waals surface area contributed by atoms with Crippen LogP contribution in [-0.4, -0.2) is 32.5 Å². The molecular weight excluding hydrogens is 402 g/mol. The summed E-state index contributed by atoms with van der Waals surface area (Å²) in [6.45, 7) is -0.141. The van der Waals surface area contributed by atoms with E-state index in [2.05, 4.69) is 20.3 Å². The lowest BCUT2D eigenvalue weighted by atomic mass is 9.95. The van der Waals surface area contributed by atoms with Crippen molar-refractivity contribution < 1.29 is 9.53 Å². The van der Waals surface area contributed by atoms with Crippen molar-refractivity contribution in [1.82, 2.24) is 19.5 Å². The number of anilines is 1. The fourth-order valence-electron chi connectivity index (χ4n) is 3.72. The number of ether oxygens (including phenoxy) is 1. The molecule has 0 spiro atoms. The van der Waals surface area contributed by atoms with E-state index < -0.39 is 0 Å². The number of nitrogens with zero attached hydrogens (tertiary/aromatic N) is 4. The molecule has 5 rings (SSSR count). The number of nitrogens with one attached hydrogen (secondary N) is 1. The number of rotatable bonds is 4. The molecule has 3 aromatic heterocycles. The van der Waals surface area contributed by atoms with Crippen LogP contribution < -0.4 is 15.6 Å².